The van der Waals surface area contributed by atoms with Gasteiger partial charge in [0.05, 0.1) is 0 Å². The van der Waals surface area contributed by atoms with Crippen LogP contribution in [0, 0.1) is 5.92 Å². The second-order valence-electron chi connectivity index (χ2n) is 6.52. The van der Waals surface area contributed by atoms with Gasteiger partial charge in [0.15, 0.2) is 0 Å². The van der Waals surface area contributed by atoms with E-state index in [1.807, 2.05) is 6.92 Å². The first-order valence-electron chi connectivity index (χ1n) is 8.99. The normalized spacial score (nSPS) is 19.5. The van der Waals surface area contributed by atoms with Gasteiger partial charge in [-0.2, -0.15) is 0 Å². The molecular formula is C19H20Br2N2O5. The fourth-order valence-electron chi connectivity index (χ4n) is 3.44. The molecule has 0 aliphatic carbocycles. The minimum absolute atomic E-state index is 0.308. The molecule has 1 saturated heterocycles. The summed E-state index contributed by atoms with van der Waals surface area (Å²) in [6.45, 7) is 3.39. The van der Waals surface area contributed by atoms with Crippen molar-refractivity contribution in [3.63, 3.8) is 0 Å². The first-order valence-corrected chi connectivity index (χ1v) is 10.6. The Bertz CT molecular complexity index is 801. The van der Waals surface area contributed by atoms with Crippen LogP contribution >= 0.6 is 31.9 Å². The molecule has 0 atom stereocenters. The van der Waals surface area contributed by atoms with E-state index < -0.39 is 29.6 Å². The molecule has 9 heteroatoms. The Kier molecular flexibility index (Phi) is 6.57. The van der Waals surface area contributed by atoms with Crippen LogP contribution in [-0.2, 0) is 23.9 Å². The molecule has 150 valence electrons. The SMILES string of the molecule is CCN(C(=O)C1(C2CCNCC2)OC(=O)C=CC(=O)O1)c1ccc(Br)c(Br)c1. The van der Waals surface area contributed by atoms with Crippen molar-refractivity contribution in [2.24, 2.45) is 5.92 Å². The minimum atomic E-state index is -1.99. The van der Waals surface area contributed by atoms with Gasteiger partial charge in [0, 0.05) is 39.2 Å². The average Bonchev–Trinajstić information content (AvgIpc) is 2.85. The van der Waals surface area contributed by atoms with E-state index in [1.54, 1.807) is 18.2 Å². The predicted molar refractivity (Wildman–Crippen MR) is 110 cm³/mol. The van der Waals surface area contributed by atoms with Gasteiger partial charge in [0.1, 0.15) is 0 Å². The van der Waals surface area contributed by atoms with Crippen molar-refractivity contribution in [1.29, 1.82) is 0 Å². The lowest BCUT2D eigenvalue weighted by Gasteiger charge is -2.40. The molecule has 0 saturated carbocycles. The van der Waals surface area contributed by atoms with Crippen LogP contribution in [0.15, 0.2) is 39.3 Å². The number of halogens is 2. The third-order valence-corrected chi connectivity index (χ3v) is 6.69. The lowest BCUT2D eigenvalue weighted by atomic mass is 9.87. The first kappa shape index (κ1) is 21.0. The highest BCUT2D eigenvalue weighted by Gasteiger charge is 2.55. The number of ether oxygens (including phenoxy) is 2. The summed E-state index contributed by atoms with van der Waals surface area (Å²) in [5.41, 5.74) is 0.597. The standard InChI is InChI=1S/C19H20Br2N2O5/c1-2-23(13-3-4-14(20)15(21)11-13)18(26)19(12-7-9-22-10-8-12)27-16(24)5-6-17(25)28-19/h3-6,11-12,22H,2,7-10H2,1H3. The molecule has 2 aliphatic heterocycles. The van der Waals surface area contributed by atoms with Crippen molar-refractivity contribution in [2.45, 2.75) is 25.6 Å². The predicted octanol–water partition coefficient (Wildman–Crippen LogP) is 2.92. The second-order valence-corrected chi connectivity index (χ2v) is 8.22. The number of likely N-dealkylation sites (N-methyl/N-ethyl adjacent to an activating group) is 1. The van der Waals surface area contributed by atoms with E-state index in [0.717, 1.165) is 21.1 Å². The maximum Gasteiger partial charge on any atom is 0.340 e. The fourth-order valence-corrected chi connectivity index (χ4v) is 4.05. The van der Waals surface area contributed by atoms with Crippen molar-refractivity contribution in [2.75, 3.05) is 24.5 Å². The van der Waals surface area contributed by atoms with Gasteiger partial charge in [-0.1, -0.05) is 0 Å². The number of piperidine rings is 1. The summed E-state index contributed by atoms with van der Waals surface area (Å²) in [5, 5.41) is 3.20. The van der Waals surface area contributed by atoms with Gasteiger partial charge in [0.2, 0.25) is 0 Å². The largest absolute Gasteiger partial charge is 0.410 e. The van der Waals surface area contributed by atoms with Gasteiger partial charge in [-0.3, -0.25) is 4.79 Å². The van der Waals surface area contributed by atoms with E-state index in [2.05, 4.69) is 37.2 Å². The Balaban J connectivity index is 2.04. The summed E-state index contributed by atoms with van der Waals surface area (Å²) in [4.78, 5) is 39.5. The van der Waals surface area contributed by atoms with E-state index in [9.17, 15) is 14.4 Å². The Morgan fingerprint density at radius 1 is 1.14 bits per heavy atom. The molecule has 1 N–H and O–H groups in total. The Morgan fingerprint density at radius 2 is 1.75 bits per heavy atom. The van der Waals surface area contributed by atoms with Crippen LogP contribution in [0.2, 0.25) is 0 Å². The molecule has 0 bridgehead atoms. The molecule has 1 aromatic rings. The number of rotatable bonds is 4. The molecule has 0 unspecified atom stereocenters. The van der Waals surface area contributed by atoms with Gasteiger partial charge in [-0.25, -0.2) is 9.59 Å². The van der Waals surface area contributed by atoms with Gasteiger partial charge in [-0.05, 0) is 82.9 Å². The number of benzene rings is 1. The summed E-state index contributed by atoms with van der Waals surface area (Å²) in [7, 11) is 0. The number of esters is 2. The van der Waals surface area contributed by atoms with Crippen LogP contribution in [0.5, 0.6) is 0 Å². The van der Waals surface area contributed by atoms with Crippen molar-refractivity contribution in [3.8, 4) is 0 Å². The highest BCUT2D eigenvalue weighted by molar-refractivity contribution is 9.13. The highest BCUT2D eigenvalue weighted by atomic mass is 79.9. The highest BCUT2D eigenvalue weighted by Crippen LogP contribution is 2.37. The van der Waals surface area contributed by atoms with Crippen LogP contribution in [0.3, 0.4) is 0 Å². The van der Waals surface area contributed by atoms with E-state index in [4.69, 9.17) is 9.47 Å². The number of anilines is 1. The number of carbonyl (C=O) groups is 3. The Labute approximate surface area is 179 Å². The van der Waals surface area contributed by atoms with Crippen LogP contribution < -0.4 is 10.2 Å². The maximum absolute atomic E-state index is 13.7. The number of hydrogen-bond acceptors (Lipinski definition) is 6. The van der Waals surface area contributed by atoms with Crippen molar-refractivity contribution < 1.29 is 23.9 Å². The van der Waals surface area contributed by atoms with Gasteiger partial charge in [-0.15, -0.1) is 0 Å². The number of hydrogen-bond donors (Lipinski definition) is 1. The molecule has 28 heavy (non-hydrogen) atoms. The number of carbonyl (C=O) groups excluding carboxylic acids is 3. The summed E-state index contributed by atoms with van der Waals surface area (Å²) in [6.07, 6.45) is 3.05. The second kappa shape index (κ2) is 8.75. The average molecular weight is 516 g/mol. The van der Waals surface area contributed by atoms with Gasteiger partial charge in [0.25, 0.3) is 0 Å². The number of amides is 1. The zero-order valence-corrected chi connectivity index (χ0v) is 18.4. The summed E-state index contributed by atoms with van der Waals surface area (Å²) >= 11 is 6.85. The van der Waals surface area contributed by atoms with E-state index in [-0.39, 0.29) is 0 Å². The molecule has 2 heterocycles. The molecule has 3 rings (SSSR count). The molecule has 1 fully saturated rings. The van der Waals surface area contributed by atoms with Crippen LogP contribution in [0.1, 0.15) is 19.8 Å². The third kappa shape index (κ3) is 4.16. The molecule has 1 amide bonds. The van der Waals surface area contributed by atoms with Crippen molar-refractivity contribution in [3.05, 3.63) is 39.3 Å². The Morgan fingerprint density at radius 3 is 2.29 bits per heavy atom. The molecular weight excluding hydrogens is 496 g/mol. The van der Waals surface area contributed by atoms with Gasteiger partial charge >= 0.3 is 23.6 Å². The lowest BCUT2D eigenvalue weighted by molar-refractivity contribution is -0.236. The summed E-state index contributed by atoms with van der Waals surface area (Å²) < 4.78 is 12.6. The van der Waals surface area contributed by atoms with Gasteiger partial charge < -0.3 is 19.7 Å². The first-order chi connectivity index (χ1) is 13.4. The summed E-state index contributed by atoms with van der Waals surface area (Å²) in [5.74, 6) is -4.55. The Hall–Kier alpha value is -1.71. The quantitative estimate of drug-likeness (QED) is 0.620. The number of nitrogens with one attached hydrogen (secondary N) is 1. The molecule has 2 aliphatic rings. The van der Waals surface area contributed by atoms with E-state index >= 15 is 0 Å². The smallest absolute Gasteiger partial charge is 0.340 e. The summed E-state index contributed by atoms with van der Waals surface area (Å²) in [6, 6.07) is 5.35. The fraction of sp³-hybridized carbons (Fsp3) is 0.421. The topological polar surface area (TPSA) is 84.9 Å². The number of cyclic esters (lactones) is 2. The van der Waals surface area contributed by atoms with E-state index in [0.29, 0.717) is 38.2 Å². The van der Waals surface area contributed by atoms with E-state index in [1.165, 1.54) is 4.90 Å². The molecule has 7 nitrogen and oxygen atoms in total. The zero-order valence-electron chi connectivity index (χ0n) is 15.2. The van der Waals surface area contributed by atoms with Crippen LogP contribution in [-0.4, -0.2) is 43.3 Å². The lowest BCUT2D eigenvalue weighted by Crippen LogP contribution is -2.60. The maximum atomic E-state index is 13.7. The molecule has 0 radical (unpaired) electrons. The van der Waals surface area contributed by atoms with Crippen LogP contribution in [0.4, 0.5) is 5.69 Å². The van der Waals surface area contributed by atoms with Crippen LogP contribution in [0.25, 0.3) is 0 Å². The molecule has 1 aromatic carbocycles. The minimum Gasteiger partial charge on any atom is -0.410 e. The van der Waals surface area contributed by atoms with Crippen molar-refractivity contribution >= 4 is 55.4 Å². The third-order valence-electron chi connectivity index (χ3n) is 4.81. The van der Waals surface area contributed by atoms with Crippen molar-refractivity contribution in [1.82, 2.24) is 5.32 Å². The number of nitrogens with zero attached hydrogens (tertiary/aromatic N) is 1. The molecule has 0 spiro atoms. The molecule has 0 aromatic heterocycles. The zero-order chi connectivity index (χ0) is 20.3. The monoisotopic (exact) mass is 514 g/mol.